The van der Waals surface area contributed by atoms with Crippen LogP contribution in [0.15, 0.2) is 60.7 Å². The summed E-state index contributed by atoms with van der Waals surface area (Å²) in [7, 11) is 0. The number of phenols is 1. The van der Waals surface area contributed by atoms with Gasteiger partial charge in [-0.15, -0.1) is 0 Å². The third-order valence-electron chi connectivity index (χ3n) is 5.21. The number of aryl methyl sites for hydroxylation is 1. The van der Waals surface area contributed by atoms with Crippen molar-refractivity contribution in [3.05, 3.63) is 71.8 Å². The Labute approximate surface area is 153 Å². The Bertz CT molecular complexity index is 1000. The summed E-state index contributed by atoms with van der Waals surface area (Å²) in [6.45, 7) is 4.03. The van der Waals surface area contributed by atoms with Gasteiger partial charge in [-0.05, 0) is 48.7 Å². The van der Waals surface area contributed by atoms with E-state index in [0.29, 0.717) is 11.3 Å². The van der Waals surface area contributed by atoms with Crippen LogP contribution in [0.3, 0.4) is 0 Å². The minimum absolute atomic E-state index is 0.206. The first-order valence-corrected chi connectivity index (χ1v) is 8.89. The molecule has 1 aromatic heterocycles. The topological polar surface area (TPSA) is 50.2 Å². The molecule has 0 saturated carbocycles. The Kier molecular flexibility index (Phi) is 3.87. The maximum Gasteiger partial charge on any atom is 0.168 e. The van der Waals surface area contributed by atoms with Crippen LogP contribution in [0, 0.1) is 5.41 Å². The van der Waals surface area contributed by atoms with Gasteiger partial charge in [-0.2, -0.15) is 0 Å². The highest BCUT2D eigenvalue weighted by atomic mass is 16.3. The summed E-state index contributed by atoms with van der Waals surface area (Å²) >= 11 is 0. The average Bonchev–Trinajstić information content (AvgIpc) is 2.65. The van der Waals surface area contributed by atoms with Gasteiger partial charge < -0.3 is 5.11 Å². The number of para-hydroxylation sites is 1. The lowest BCUT2D eigenvalue weighted by Gasteiger charge is -2.29. The van der Waals surface area contributed by atoms with Gasteiger partial charge in [-0.3, -0.25) is 4.79 Å². The molecular formula is C23H21NO2. The average molecular weight is 343 g/mol. The quantitative estimate of drug-likeness (QED) is 0.689. The minimum Gasteiger partial charge on any atom is -0.507 e. The Hall–Kier alpha value is -2.94. The summed E-state index contributed by atoms with van der Waals surface area (Å²) in [5, 5.41) is 10.1. The van der Waals surface area contributed by atoms with E-state index in [9.17, 15) is 9.90 Å². The van der Waals surface area contributed by atoms with E-state index in [1.807, 2.05) is 62.4 Å². The van der Waals surface area contributed by atoms with Crippen molar-refractivity contribution in [3.63, 3.8) is 0 Å². The van der Waals surface area contributed by atoms with Gasteiger partial charge >= 0.3 is 0 Å². The molecule has 3 heteroatoms. The molecule has 0 unspecified atom stereocenters. The molecule has 0 fully saturated rings. The Balaban J connectivity index is 1.78. The molecule has 0 radical (unpaired) electrons. The number of aromatic nitrogens is 1. The third kappa shape index (κ3) is 2.80. The molecule has 1 heterocycles. The van der Waals surface area contributed by atoms with Crippen molar-refractivity contribution in [2.75, 3.05) is 0 Å². The first-order valence-electron chi connectivity index (χ1n) is 8.89. The molecule has 3 nitrogen and oxygen atoms in total. The number of Topliss-reactive ketones (excluding diaryl/α,β-unsaturated/α-hetero) is 1. The Morgan fingerprint density at radius 3 is 2.50 bits per heavy atom. The smallest absolute Gasteiger partial charge is 0.168 e. The van der Waals surface area contributed by atoms with Gasteiger partial charge in [0.25, 0.3) is 0 Å². The lowest BCUT2D eigenvalue weighted by atomic mass is 9.73. The van der Waals surface area contributed by atoms with Crippen LogP contribution in [0.2, 0.25) is 0 Å². The lowest BCUT2D eigenvalue weighted by Crippen LogP contribution is -2.30. The fraction of sp³-hybridized carbons (Fsp3) is 0.217. The van der Waals surface area contributed by atoms with Crippen molar-refractivity contribution in [2.24, 2.45) is 5.41 Å². The zero-order valence-electron chi connectivity index (χ0n) is 15.0. The third-order valence-corrected chi connectivity index (χ3v) is 5.21. The molecule has 1 aliphatic rings. The molecule has 0 spiro atoms. The maximum absolute atomic E-state index is 12.8. The molecule has 4 rings (SSSR count). The number of ketones is 1. The molecule has 1 aliphatic carbocycles. The highest BCUT2D eigenvalue weighted by Gasteiger charge is 2.34. The van der Waals surface area contributed by atoms with Crippen molar-refractivity contribution >= 4 is 5.78 Å². The van der Waals surface area contributed by atoms with E-state index in [-0.39, 0.29) is 16.9 Å². The van der Waals surface area contributed by atoms with E-state index < -0.39 is 0 Å². The van der Waals surface area contributed by atoms with Crippen LogP contribution >= 0.6 is 0 Å². The zero-order valence-corrected chi connectivity index (χ0v) is 15.0. The number of pyridine rings is 1. The number of phenolic OH excluding ortho intramolecular Hbond substituents is 1. The van der Waals surface area contributed by atoms with Crippen LogP contribution in [0.1, 0.15) is 36.2 Å². The van der Waals surface area contributed by atoms with Crippen LogP contribution in [-0.2, 0) is 6.42 Å². The number of fused-ring (bicyclic) bond motifs is 1. The number of carbonyl (C=O) groups is 1. The molecule has 0 atom stereocenters. The van der Waals surface area contributed by atoms with Crippen molar-refractivity contribution < 1.29 is 9.90 Å². The van der Waals surface area contributed by atoms with E-state index in [1.54, 1.807) is 12.1 Å². The van der Waals surface area contributed by atoms with Crippen LogP contribution in [0.25, 0.3) is 22.5 Å². The molecule has 1 N–H and O–H groups in total. The molecule has 3 aromatic rings. The van der Waals surface area contributed by atoms with E-state index in [2.05, 4.69) is 0 Å². The maximum atomic E-state index is 12.8. The van der Waals surface area contributed by atoms with Crippen LogP contribution in [0.5, 0.6) is 5.75 Å². The second-order valence-corrected chi connectivity index (χ2v) is 7.51. The van der Waals surface area contributed by atoms with Crippen LogP contribution < -0.4 is 0 Å². The number of nitrogens with zero attached hydrogens (tertiary/aromatic N) is 1. The number of benzene rings is 2. The molecule has 130 valence electrons. The number of hydrogen-bond donors (Lipinski definition) is 1. The molecule has 2 aromatic carbocycles. The number of rotatable bonds is 2. The highest BCUT2D eigenvalue weighted by Crippen LogP contribution is 2.36. The van der Waals surface area contributed by atoms with E-state index >= 15 is 0 Å². The van der Waals surface area contributed by atoms with Gasteiger partial charge in [0.15, 0.2) is 5.78 Å². The first kappa shape index (κ1) is 16.5. The van der Waals surface area contributed by atoms with Crippen molar-refractivity contribution in [3.8, 4) is 28.3 Å². The molecular weight excluding hydrogens is 322 g/mol. The van der Waals surface area contributed by atoms with Gasteiger partial charge in [0.05, 0.1) is 11.4 Å². The molecule has 0 aliphatic heterocycles. The highest BCUT2D eigenvalue weighted by molar-refractivity contribution is 6.03. The van der Waals surface area contributed by atoms with E-state index in [1.165, 1.54) is 0 Å². The number of hydrogen-bond acceptors (Lipinski definition) is 3. The standard InChI is InChI=1S/C23H21NO2/c1-23(2)13-12-15-10-11-16(14-18(15)22(23)26)19-7-5-8-20(24-19)17-6-3-4-9-21(17)25/h3-11,14,25H,12-13H2,1-2H3. The number of carbonyl (C=O) groups excluding carboxylic acids is 1. The first-order chi connectivity index (χ1) is 12.5. The predicted molar refractivity (Wildman–Crippen MR) is 103 cm³/mol. The second kappa shape index (κ2) is 6.10. The molecule has 26 heavy (non-hydrogen) atoms. The van der Waals surface area contributed by atoms with Crippen molar-refractivity contribution in [1.82, 2.24) is 4.98 Å². The summed E-state index contributed by atoms with van der Waals surface area (Å²) in [6, 6.07) is 19.0. The summed E-state index contributed by atoms with van der Waals surface area (Å²) in [5.41, 5.74) is 4.76. The fourth-order valence-electron chi connectivity index (χ4n) is 3.53. The van der Waals surface area contributed by atoms with Crippen molar-refractivity contribution in [1.29, 1.82) is 0 Å². The molecule has 0 bridgehead atoms. The predicted octanol–water partition coefficient (Wildman–Crippen LogP) is 5.28. The SMILES string of the molecule is CC1(C)CCc2ccc(-c3cccc(-c4ccccc4O)n3)cc2C1=O. The minimum atomic E-state index is -0.309. The lowest BCUT2D eigenvalue weighted by molar-refractivity contribution is 0.0811. The van der Waals surface area contributed by atoms with E-state index in [0.717, 1.165) is 35.2 Å². The Morgan fingerprint density at radius 2 is 1.69 bits per heavy atom. The Morgan fingerprint density at radius 1 is 0.923 bits per heavy atom. The summed E-state index contributed by atoms with van der Waals surface area (Å²) in [5.74, 6) is 0.414. The summed E-state index contributed by atoms with van der Waals surface area (Å²) < 4.78 is 0. The van der Waals surface area contributed by atoms with Crippen LogP contribution in [-0.4, -0.2) is 15.9 Å². The van der Waals surface area contributed by atoms with Gasteiger partial charge in [0, 0.05) is 22.1 Å². The van der Waals surface area contributed by atoms with Crippen molar-refractivity contribution in [2.45, 2.75) is 26.7 Å². The summed E-state index contributed by atoms with van der Waals surface area (Å²) in [4.78, 5) is 17.5. The largest absolute Gasteiger partial charge is 0.507 e. The zero-order chi connectivity index (χ0) is 18.3. The van der Waals surface area contributed by atoms with Gasteiger partial charge in [-0.1, -0.05) is 44.2 Å². The number of aromatic hydroxyl groups is 1. The second-order valence-electron chi connectivity index (χ2n) is 7.51. The monoisotopic (exact) mass is 343 g/mol. The molecule has 0 saturated heterocycles. The normalized spacial score (nSPS) is 15.5. The van der Waals surface area contributed by atoms with Crippen LogP contribution in [0.4, 0.5) is 0 Å². The molecule has 0 amide bonds. The van der Waals surface area contributed by atoms with Gasteiger partial charge in [0.1, 0.15) is 5.75 Å². The fourth-order valence-corrected chi connectivity index (χ4v) is 3.53. The van der Waals surface area contributed by atoms with E-state index in [4.69, 9.17) is 4.98 Å². The summed E-state index contributed by atoms with van der Waals surface area (Å²) in [6.07, 6.45) is 1.82. The van der Waals surface area contributed by atoms with Gasteiger partial charge in [-0.25, -0.2) is 4.98 Å². The van der Waals surface area contributed by atoms with Gasteiger partial charge in [0.2, 0.25) is 0 Å².